The Morgan fingerprint density at radius 2 is 2.08 bits per heavy atom. The van der Waals surface area contributed by atoms with E-state index in [9.17, 15) is 0 Å². The topological polar surface area (TPSA) is 74.6 Å². The van der Waals surface area contributed by atoms with Crippen LogP contribution in [0.1, 0.15) is 60.2 Å². The molecule has 1 fully saturated rings. The van der Waals surface area contributed by atoms with Crippen molar-refractivity contribution in [3.05, 3.63) is 51.9 Å². The number of nitrogens with one attached hydrogen (secondary N) is 1. The van der Waals surface area contributed by atoms with Crippen molar-refractivity contribution < 1.29 is 4.74 Å². The van der Waals surface area contributed by atoms with E-state index in [0.29, 0.717) is 11.5 Å². The molecular weight excluding hydrogens is 348 g/mol. The minimum atomic E-state index is -0.141. The van der Waals surface area contributed by atoms with Crippen molar-refractivity contribution in [2.24, 2.45) is 0 Å². The number of H-pyrrole nitrogens is 1. The second-order valence-electron chi connectivity index (χ2n) is 7.07. The average Bonchev–Trinajstić information content (AvgIpc) is 3.41. The predicted octanol–water partition coefficient (Wildman–Crippen LogP) is 4.82. The Bertz CT molecular complexity index is 1050. The zero-order valence-electron chi connectivity index (χ0n) is 14.1. The first kappa shape index (κ1) is 15.7. The van der Waals surface area contributed by atoms with E-state index in [1.807, 2.05) is 18.2 Å². The van der Waals surface area contributed by atoms with E-state index in [1.165, 1.54) is 12.8 Å². The number of fused-ring (bicyclic) bond motifs is 2. The summed E-state index contributed by atoms with van der Waals surface area (Å²) in [6.45, 7) is 0. The first-order chi connectivity index (χ1) is 12.7. The summed E-state index contributed by atoms with van der Waals surface area (Å²) in [5, 5.41) is 18.1. The van der Waals surface area contributed by atoms with Gasteiger partial charge in [0.25, 0.3) is 0 Å². The molecule has 2 aliphatic rings. The summed E-state index contributed by atoms with van der Waals surface area (Å²) in [4.78, 5) is 4.47. The fourth-order valence-electron chi connectivity index (χ4n) is 3.75. The smallest absolute Gasteiger partial charge is 0.147 e. The quantitative estimate of drug-likeness (QED) is 0.676. The summed E-state index contributed by atoms with van der Waals surface area (Å²) in [6.07, 6.45) is 5.09. The standard InChI is InChI=1S/C20H17ClN4O/c21-20-13(10-22)8-12-2-1-3-17(19(12)23-20)26-14-6-7-16-15(9-14)18(25-24-16)11-4-5-11/h6-9,11,17H,1-5H2,(H,24,25)/t17-/m1/s1. The number of pyridine rings is 1. The molecule has 2 aliphatic carbocycles. The summed E-state index contributed by atoms with van der Waals surface area (Å²) in [5.41, 5.74) is 4.54. The Balaban J connectivity index is 1.49. The number of ether oxygens (including phenoxy) is 1. The molecule has 130 valence electrons. The normalized spacial score (nSPS) is 19.2. The molecule has 26 heavy (non-hydrogen) atoms. The van der Waals surface area contributed by atoms with Crippen molar-refractivity contribution in [1.82, 2.24) is 15.2 Å². The maximum Gasteiger partial charge on any atom is 0.147 e. The molecule has 1 aromatic carbocycles. The van der Waals surface area contributed by atoms with Crippen LogP contribution in [0.5, 0.6) is 5.75 Å². The molecule has 2 aromatic heterocycles. The van der Waals surface area contributed by atoms with Crippen molar-refractivity contribution in [2.75, 3.05) is 0 Å². The number of hydrogen-bond donors (Lipinski definition) is 1. The number of aryl methyl sites for hydroxylation is 1. The van der Waals surface area contributed by atoms with Gasteiger partial charge in [0.05, 0.1) is 22.5 Å². The Kier molecular flexibility index (Phi) is 3.61. The van der Waals surface area contributed by atoms with Crippen LogP contribution in [0.2, 0.25) is 5.15 Å². The van der Waals surface area contributed by atoms with Crippen LogP contribution in [0.4, 0.5) is 0 Å². The lowest BCUT2D eigenvalue weighted by Gasteiger charge is -2.25. The van der Waals surface area contributed by atoms with Crippen molar-refractivity contribution >= 4 is 22.5 Å². The van der Waals surface area contributed by atoms with Crippen LogP contribution in [-0.4, -0.2) is 15.2 Å². The predicted molar refractivity (Wildman–Crippen MR) is 98.3 cm³/mol. The van der Waals surface area contributed by atoms with Crippen molar-refractivity contribution in [3.8, 4) is 11.8 Å². The summed E-state index contributed by atoms with van der Waals surface area (Å²) < 4.78 is 6.30. The largest absolute Gasteiger partial charge is 0.484 e. The summed E-state index contributed by atoms with van der Waals surface area (Å²) in [7, 11) is 0. The zero-order valence-corrected chi connectivity index (χ0v) is 14.9. The molecule has 5 nitrogen and oxygen atoms in total. The number of nitriles is 1. The minimum absolute atomic E-state index is 0.141. The summed E-state index contributed by atoms with van der Waals surface area (Å²) in [5.74, 6) is 1.40. The number of aromatic nitrogens is 3. The highest BCUT2D eigenvalue weighted by molar-refractivity contribution is 6.30. The Labute approximate surface area is 156 Å². The van der Waals surface area contributed by atoms with Gasteiger partial charge in [-0.05, 0) is 61.9 Å². The Morgan fingerprint density at radius 1 is 1.19 bits per heavy atom. The fraction of sp³-hybridized carbons (Fsp3) is 0.350. The monoisotopic (exact) mass is 364 g/mol. The molecule has 6 heteroatoms. The molecule has 0 bridgehead atoms. The van der Waals surface area contributed by atoms with E-state index in [4.69, 9.17) is 21.6 Å². The van der Waals surface area contributed by atoms with Crippen LogP contribution in [0.25, 0.3) is 10.9 Å². The fourth-order valence-corrected chi connectivity index (χ4v) is 3.94. The number of nitrogens with zero attached hydrogens (tertiary/aromatic N) is 3. The molecule has 0 saturated heterocycles. The number of aromatic amines is 1. The molecule has 3 aromatic rings. The van der Waals surface area contributed by atoms with E-state index < -0.39 is 0 Å². The van der Waals surface area contributed by atoms with Crippen molar-refractivity contribution in [2.45, 2.75) is 44.1 Å². The molecule has 1 saturated carbocycles. The van der Waals surface area contributed by atoms with Crippen LogP contribution >= 0.6 is 11.6 Å². The van der Waals surface area contributed by atoms with Gasteiger partial charge in [-0.15, -0.1) is 0 Å². The first-order valence-corrected chi connectivity index (χ1v) is 9.35. The Morgan fingerprint density at radius 3 is 2.88 bits per heavy atom. The number of rotatable bonds is 3. The van der Waals surface area contributed by atoms with Crippen LogP contribution in [-0.2, 0) is 6.42 Å². The third-order valence-corrected chi connectivity index (χ3v) is 5.52. The summed E-state index contributed by atoms with van der Waals surface area (Å²) in [6, 6.07) is 10.0. The molecule has 0 spiro atoms. The van der Waals surface area contributed by atoms with Gasteiger partial charge in [0.15, 0.2) is 0 Å². The lowest BCUT2D eigenvalue weighted by molar-refractivity contribution is 0.178. The van der Waals surface area contributed by atoms with Gasteiger partial charge in [-0.3, -0.25) is 5.10 Å². The molecule has 0 unspecified atom stereocenters. The van der Waals surface area contributed by atoms with Gasteiger partial charge in [-0.25, -0.2) is 4.98 Å². The van der Waals surface area contributed by atoms with E-state index in [-0.39, 0.29) is 11.3 Å². The third kappa shape index (κ3) is 2.62. The SMILES string of the molecule is N#Cc1cc2c(nc1Cl)[C@H](Oc1ccc3[nH]nc(C4CC4)c3c1)CCC2. The van der Waals surface area contributed by atoms with Crippen LogP contribution in [0.3, 0.4) is 0 Å². The van der Waals surface area contributed by atoms with Crippen LogP contribution < -0.4 is 4.74 Å². The van der Waals surface area contributed by atoms with E-state index >= 15 is 0 Å². The summed E-state index contributed by atoms with van der Waals surface area (Å²) >= 11 is 6.15. The van der Waals surface area contributed by atoms with E-state index in [2.05, 4.69) is 27.3 Å². The maximum absolute atomic E-state index is 9.16. The third-order valence-electron chi connectivity index (χ3n) is 5.23. The van der Waals surface area contributed by atoms with Gasteiger partial charge < -0.3 is 4.74 Å². The lowest BCUT2D eigenvalue weighted by Crippen LogP contribution is -2.17. The van der Waals surface area contributed by atoms with Gasteiger partial charge in [-0.2, -0.15) is 10.4 Å². The molecule has 2 heterocycles. The van der Waals surface area contributed by atoms with Gasteiger partial charge in [0.2, 0.25) is 0 Å². The molecule has 1 atom stereocenters. The molecule has 0 radical (unpaired) electrons. The molecule has 5 rings (SSSR count). The van der Waals surface area contributed by atoms with Crippen molar-refractivity contribution in [1.29, 1.82) is 5.26 Å². The second-order valence-corrected chi connectivity index (χ2v) is 7.43. The van der Waals surface area contributed by atoms with Crippen LogP contribution in [0.15, 0.2) is 24.3 Å². The van der Waals surface area contributed by atoms with Gasteiger partial charge in [-0.1, -0.05) is 11.6 Å². The molecular formula is C20H17ClN4O. The van der Waals surface area contributed by atoms with Gasteiger partial charge in [0.1, 0.15) is 23.1 Å². The highest BCUT2D eigenvalue weighted by Gasteiger charge is 2.29. The highest BCUT2D eigenvalue weighted by Crippen LogP contribution is 2.43. The highest BCUT2D eigenvalue weighted by atomic mass is 35.5. The first-order valence-electron chi connectivity index (χ1n) is 8.97. The average molecular weight is 365 g/mol. The number of hydrogen-bond acceptors (Lipinski definition) is 4. The number of benzene rings is 1. The van der Waals surface area contributed by atoms with E-state index in [1.54, 1.807) is 0 Å². The van der Waals surface area contributed by atoms with Crippen molar-refractivity contribution in [3.63, 3.8) is 0 Å². The second kappa shape index (κ2) is 6.00. The number of halogens is 1. The Hall–Kier alpha value is -2.58. The molecule has 0 aliphatic heterocycles. The molecule has 1 N–H and O–H groups in total. The van der Waals surface area contributed by atoms with Gasteiger partial charge >= 0.3 is 0 Å². The van der Waals surface area contributed by atoms with Crippen LogP contribution in [0, 0.1) is 11.3 Å². The zero-order chi connectivity index (χ0) is 17.7. The molecule has 0 amide bonds. The lowest BCUT2D eigenvalue weighted by atomic mass is 9.92. The maximum atomic E-state index is 9.16. The van der Waals surface area contributed by atoms with Gasteiger partial charge in [0, 0.05) is 11.3 Å². The van der Waals surface area contributed by atoms with E-state index in [0.717, 1.165) is 52.9 Å². The minimum Gasteiger partial charge on any atom is -0.484 e.